The lowest BCUT2D eigenvalue weighted by molar-refractivity contribution is 0.103. The average molecular weight is 409 g/mol. The van der Waals surface area contributed by atoms with E-state index in [1.54, 1.807) is 68.6 Å². The molecule has 0 aliphatic heterocycles. The van der Waals surface area contributed by atoms with Crippen LogP contribution in [-0.4, -0.2) is 34.8 Å². The summed E-state index contributed by atoms with van der Waals surface area (Å²) in [7, 11) is 1.55. The summed E-state index contributed by atoms with van der Waals surface area (Å²) in [6, 6.07) is 15.4. The van der Waals surface area contributed by atoms with Gasteiger partial charge in [0, 0.05) is 5.56 Å². The van der Waals surface area contributed by atoms with Crippen molar-refractivity contribution in [1.82, 2.24) is 9.24 Å². The van der Waals surface area contributed by atoms with Crippen molar-refractivity contribution >= 4 is 11.9 Å². The molecule has 0 saturated carbocycles. The largest absolute Gasteiger partial charge is 0.497 e. The number of amides is 1. The van der Waals surface area contributed by atoms with Gasteiger partial charge in [0.25, 0.3) is 0 Å². The summed E-state index contributed by atoms with van der Waals surface area (Å²) >= 11 is 0. The first-order valence-corrected chi connectivity index (χ1v) is 9.56. The number of carbonyl (C=O) groups excluding carboxylic acids is 2. The predicted molar refractivity (Wildman–Crippen MR) is 112 cm³/mol. The van der Waals surface area contributed by atoms with Crippen LogP contribution in [0.15, 0.2) is 59.4 Å². The van der Waals surface area contributed by atoms with Crippen molar-refractivity contribution in [2.45, 2.75) is 20.3 Å². The number of aromatic nitrogens is 2. The second-order valence-electron chi connectivity index (χ2n) is 6.33. The maximum Gasteiger partial charge on any atom is 0.426 e. The first-order valence-electron chi connectivity index (χ1n) is 9.56. The summed E-state index contributed by atoms with van der Waals surface area (Å²) in [5.41, 5.74) is 3.31. The number of ether oxygens (including phenoxy) is 2. The van der Waals surface area contributed by atoms with Crippen molar-refractivity contribution in [1.29, 1.82) is 0 Å². The van der Waals surface area contributed by atoms with Gasteiger partial charge < -0.3 is 9.47 Å². The fraction of sp³-hybridized carbons (Fsp3) is 0.227. The molecule has 0 unspecified atom stereocenters. The zero-order valence-electron chi connectivity index (χ0n) is 17.0. The van der Waals surface area contributed by atoms with Crippen molar-refractivity contribution in [2.75, 3.05) is 19.1 Å². The molecule has 2 aromatic carbocycles. The zero-order valence-corrected chi connectivity index (χ0v) is 17.0. The molecule has 0 atom stereocenters. The van der Waals surface area contributed by atoms with Gasteiger partial charge in [0.2, 0.25) is 5.78 Å². The van der Waals surface area contributed by atoms with Gasteiger partial charge in [-0.25, -0.2) is 15.0 Å². The number of benzene rings is 2. The Morgan fingerprint density at radius 1 is 1.00 bits per heavy atom. The molecule has 0 aliphatic carbocycles. The first-order chi connectivity index (χ1) is 14.5. The number of ketones is 1. The van der Waals surface area contributed by atoms with Crippen LogP contribution in [0.1, 0.15) is 35.6 Å². The molecular weight excluding hydrogens is 386 g/mol. The third-order valence-corrected chi connectivity index (χ3v) is 4.54. The lowest BCUT2D eigenvalue weighted by Crippen LogP contribution is -2.36. The van der Waals surface area contributed by atoms with E-state index in [1.807, 2.05) is 6.92 Å². The molecule has 0 aliphatic rings. The van der Waals surface area contributed by atoms with E-state index in [4.69, 9.17) is 9.47 Å². The van der Waals surface area contributed by atoms with Gasteiger partial charge in [0.15, 0.2) is 0 Å². The summed E-state index contributed by atoms with van der Waals surface area (Å²) in [6.45, 7) is 3.62. The van der Waals surface area contributed by atoms with Crippen LogP contribution in [0.4, 0.5) is 4.79 Å². The molecular formula is C22H23N3O5. The van der Waals surface area contributed by atoms with Crippen molar-refractivity contribution in [3.63, 3.8) is 0 Å². The van der Waals surface area contributed by atoms with E-state index in [0.29, 0.717) is 29.1 Å². The van der Waals surface area contributed by atoms with Gasteiger partial charge in [0.05, 0.1) is 25.1 Å². The van der Waals surface area contributed by atoms with Gasteiger partial charge in [-0.2, -0.15) is 4.68 Å². The molecule has 1 heterocycles. The molecule has 1 N–H and O–H groups in total. The summed E-state index contributed by atoms with van der Waals surface area (Å²) in [4.78, 5) is 38.6. The molecule has 0 bridgehead atoms. The molecule has 30 heavy (non-hydrogen) atoms. The Balaban J connectivity index is 2.23. The minimum absolute atomic E-state index is 0.0811. The Labute approximate surface area is 173 Å². The Kier molecular flexibility index (Phi) is 6.36. The molecule has 156 valence electrons. The second-order valence-corrected chi connectivity index (χ2v) is 6.33. The fourth-order valence-electron chi connectivity index (χ4n) is 3.19. The van der Waals surface area contributed by atoms with Crippen LogP contribution in [0.25, 0.3) is 5.69 Å². The van der Waals surface area contributed by atoms with Crippen LogP contribution in [0.5, 0.6) is 5.75 Å². The van der Waals surface area contributed by atoms with E-state index in [1.165, 1.54) is 4.57 Å². The number of nitrogens with one attached hydrogen (secondary N) is 1. The van der Waals surface area contributed by atoms with E-state index >= 15 is 0 Å². The van der Waals surface area contributed by atoms with Crippen molar-refractivity contribution < 1.29 is 19.1 Å². The van der Waals surface area contributed by atoms with Crippen LogP contribution < -0.4 is 15.9 Å². The predicted octanol–water partition coefficient (Wildman–Crippen LogP) is 3.14. The maximum atomic E-state index is 13.3. The number of nitrogens with zero attached hydrogens (tertiary/aromatic N) is 2. The number of carbonyl (C=O) groups is 2. The van der Waals surface area contributed by atoms with Gasteiger partial charge in [-0.3, -0.25) is 9.36 Å². The van der Waals surface area contributed by atoms with Crippen LogP contribution in [0.3, 0.4) is 0 Å². The minimum Gasteiger partial charge on any atom is -0.497 e. The number of hydrogen-bond acceptors (Lipinski definition) is 5. The van der Waals surface area contributed by atoms with Gasteiger partial charge >= 0.3 is 11.8 Å². The van der Waals surface area contributed by atoms with E-state index in [0.717, 1.165) is 4.68 Å². The Morgan fingerprint density at radius 3 is 2.23 bits per heavy atom. The SMILES string of the molecule is CCOC(=O)Nn1c(C(=O)c2ccccc2)c(CC)n(-c2ccc(OC)cc2)c1=O. The van der Waals surface area contributed by atoms with E-state index in [-0.39, 0.29) is 18.1 Å². The van der Waals surface area contributed by atoms with Gasteiger partial charge in [-0.15, -0.1) is 0 Å². The maximum absolute atomic E-state index is 13.3. The monoisotopic (exact) mass is 409 g/mol. The van der Waals surface area contributed by atoms with Crippen LogP contribution >= 0.6 is 0 Å². The molecule has 0 saturated heterocycles. The summed E-state index contributed by atoms with van der Waals surface area (Å²) < 4.78 is 12.4. The lowest BCUT2D eigenvalue weighted by atomic mass is 10.1. The topological polar surface area (TPSA) is 91.6 Å². The number of rotatable bonds is 7. The van der Waals surface area contributed by atoms with Crippen LogP contribution in [0, 0.1) is 0 Å². The highest BCUT2D eigenvalue weighted by Crippen LogP contribution is 2.20. The number of hydrogen-bond donors (Lipinski definition) is 1. The molecule has 3 rings (SSSR count). The lowest BCUT2D eigenvalue weighted by Gasteiger charge is -2.10. The summed E-state index contributed by atoms with van der Waals surface area (Å²) in [5.74, 6) is 0.253. The third-order valence-electron chi connectivity index (χ3n) is 4.54. The Morgan fingerprint density at radius 2 is 1.67 bits per heavy atom. The van der Waals surface area contributed by atoms with E-state index < -0.39 is 11.8 Å². The number of methoxy groups -OCH3 is 1. The van der Waals surface area contributed by atoms with Gasteiger partial charge in [0.1, 0.15) is 11.4 Å². The summed E-state index contributed by atoms with van der Waals surface area (Å²) in [6.07, 6.45) is -0.441. The highest BCUT2D eigenvalue weighted by atomic mass is 16.6. The fourth-order valence-corrected chi connectivity index (χ4v) is 3.19. The van der Waals surface area contributed by atoms with Crippen LogP contribution in [0.2, 0.25) is 0 Å². The normalized spacial score (nSPS) is 10.5. The molecule has 3 aromatic rings. The molecule has 1 aromatic heterocycles. The van der Waals surface area contributed by atoms with Crippen molar-refractivity contribution in [3.05, 3.63) is 82.0 Å². The second kappa shape index (κ2) is 9.13. The Hall–Kier alpha value is -3.81. The van der Waals surface area contributed by atoms with Crippen molar-refractivity contribution in [2.24, 2.45) is 0 Å². The Bertz CT molecular complexity index is 1100. The third kappa shape index (κ3) is 3.98. The van der Waals surface area contributed by atoms with E-state index in [2.05, 4.69) is 5.43 Å². The van der Waals surface area contributed by atoms with Gasteiger partial charge in [-0.1, -0.05) is 37.3 Å². The zero-order chi connectivity index (χ0) is 21.7. The smallest absolute Gasteiger partial charge is 0.426 e. The minimum atomic E-state index is -0.823. The quantitative estimate of drug-likeness (QED) is 0.606. The average Bonchev–Trinajstić information content (AvgIpc) is 3.05. The standard InChI is InChI=1S/C22H23N3O5/c1-4-18-19(20(26)15-9-7-6-8-10-15)25(23-21(27)30-5-2)22(28)24(18)16-11-13-17(29-3)14-12-16/h6-14H,4-5H2,1-3H3,(H,23,27). The van der Waals surface area contributed by atoms with Crippen LogP contribution in [-0.2, 0) is 11.2 Å². The first kappa shape index (κ1) is 20.9. The van der Waals surface area contributed by atoms with Gasteiger partial charge in [-0.05, 0) is 37.6 Å². The highest BCUT2D eigenvalue weighted by molar-refractivity contribution is 6.09. The van der Waals surface area contributed by atoms with E-state index in [9.17, 15) is 14.4 Å². The highest BCUT2D eigenvalue weighted by Gasteiger charge is 2.27. The molecule has 0 spiro atoms. The van der Waals surface area contributed by atoms with Crippen molar-refractivity contribution in [3.8, 4) is 11.4 Å². The summed E-state index contributed by atoms with van der Waals surface area (Å²) in [5, 5.41) is 0. The molecule has 8 nitrogen and oxygen atoms in total. The molecule has 1 amide bonds. The molecule has 8 heteroatoms. The molecule has 0 radical (unpaired) electrons. The molecule has 0 fully saturated rings. The number of imidazole rings is 1.